The number of nitrogens with one attached hydrogen (secondary N) is 1. The number of amides is 2. The van der Waals surface area contributed by atoms with Crippen LogP contribution in [0.2, 0.25) is 0 Å². The number of ether oxygens (including phenoxy) is 1. The maximum atomic E-state index is 12.2. The summed E-state index contributed by atoms with van der Waals surface area (Å²) in [5, 5.41) is 2.87. The second kappa shape index (κ2) is 6.89. The minimum Gasteiger partial charge on any atom is -0.444 e. The van der Waals surface area contributed by atoms with Crippen LogP contribution in [0.25, 0.3) is 0 Å². The van der Waals surface area contributed by atoms with Gasteiger partial charge in [-0.1, -0.05) is 13.0 Å². The molecule has 0 bridgehead atoms. The van der Waals surface area contributed by atoms with Gasteiger partial charge in [-0.25, -0.2) is 9.78 Å². The zero-order chi connectivity index (χ0) is 18.9. The monoisotopic (exact) mass is 359 g/mol. The predicted molar refractivity (Wildman–Crippen MR) is 100.0 cm³/mol. The maximum absolute atomic E-state index is 12.2. The van der Waals surface area contributed by atoms with E-state index in [9.17, 15) is 9.59 Å². The Morgan fingerprint density at radius 1 is 1.23 bits per heavy atom. The quantitative estimate of drug-likeness (QED) is 0.893. The molecule has 2 heterocycles. The molecule has 6 nitrogen and oxygen atoms in total. The highest BCUT2D eigenvalue weighted by molar-refractivity contribution is 5.93. The smallest absolute Gasteiger partial charge is 0.410 e. The summed E-state index contributed by atoms with van der Waals surface area (Å²) in [6.07, 6.45) is 5.30. The van der Waals surface area contributed by atoms with Crippen molar-refractivity contribution in [2.75, 3.05) is 18.4 Å². The fourth-order valence-corrected chi connectivity index (χ4v) is 3.20. The van der Waals surface area contributed by atoms with Crippen molar-refractivity contribution in [2.45, 2.75) is 64.4 Å². The van der Waals surface area contributed by atoms with Crippen molar-refractivity contribution in [3.63, 3.8) is 0 Å². The first-order valence-electron chi connectivity index (χ1n) is 9.42. The van der Waals surface area contributed by atoms with Gasteiger partial charge in [0.05, 0.1) is 0 Å². The van der Waals surface area contributed by atoms with Crippen molar-refractivity contribution < 1.29 is 14.3 Å². The van der Waals surface area contributed by atoms with Gasteiger partial charge in [0.2, 0.25) is 5.91 Å². The summed E-state index contributed by atoms with van der Waals surface area (Å²) in [7, 11) is 0. The van der Waals surface area contributed by atoms with Crippen molar-refractivity contribution >= 4 is 17.8 Å². The molecule has 1 aromatic heterocycles. The Morgan fingerprint density at radius 3 is 2.38 bits per heavy atom. The fraction of sp³-hybridized carbons (Fsp3) is 0.650. The number of carbonyl (C=O) groups excluding carboxylic acids is 2. The topological polar surface area (TPSA) is 71.5 Å². The Balaban J connectivity index is 1.57. The number of hydrogen-bond acceptors (Lipinski definition) is 4. The average Bonchev–Trinajstić information content (AvgIpc) is 3.39. The summed E-state index contributed by atoms with van der Waals surface area (Å²) < 4.78 is 5.46. The molecule has 1 saturated carbocycles. The van der Waals surface area contributed by atoms with Gasteiger partial charge in [-0.2, -0.15) is 0 Å². The number of aromatic nitrogens is 1. The van der Waals surface area contributed by atoms with Gasteiger partial charge in [0, 0.05) is 25.2 Å². The minimum atomic E-state index is -0.470. The van der Waals surface area contributed by atoms with E-state index in [1.165, 1.54) is 0 Å². The summed E-state index contributed by atoms with van der Waals surface area (Å²) in [6, 6.07) is 3.92. The van der Waals surface area contributed by atoms with Crippen molar-refractivity contribution in [1.82, 2.24) is 9.88 Å². The van der Waals surface area contributed by atoms with Crippen molar-refractivity contribution in [1.29, 1.82) is 0 Å². The Bertz CT molecular complexity index is 667. The Kier molecular flexibility index (Phi) is 4.95. The highest BCUT2D eigenvalue weighted by Gasteiger charge is 2.35. The summed E-state index contributed by atoms with van der Waals surface area (Å²) in [6.45, 7) is 9.20. The van der Waals surface area contributed by atoms with E-state index in [2.05, 4.69) is 17.2 Å². The standard InChI is InChI=1S/C20H29N3O3/c1-19(2,3)26-18(25)23-11-9-20(4,10-12-23)15-7-8-16(21-13-15)22-17(24)14-5-6-14/h7-8,13-14H,5-6,9-12H2,1-4H3,(H,21,22,24). The first-order valence-corrected chi connectivity index (χ1v) is 9.42. The molecule has 26 heavy (non-hydrogen) atoms. The molecule has 1 aliphatic heterocycles. The number of pyridine rings is 1. The lowest BCUT2D eigenvalue weighted by Gasteiger charge is -2.40. The van der Waals surface area contributed by atoms with Gasteiger partial charge < -0.3 is 15.0 Å². The summed E-state index contributed by atoms with van der Waals surface area (Å²) in [5.74, 6) is 0.855. The number of likely N-dealkylation sites (tertiary alicyclic amines) is 1. The van der Waals surface area contributed by atoms with Crippen LogP contribution < -0.4 is 5.32 Å². The maximum Gasteiger partial charge on any atom is 0.410 e. The fourth-order valence-electron chi connectivity index (χ4n) is 3.20. The molecule has 142 valence electrons. The first kappa shape index (κ1) is 18.7. The van der Waals surface area contributed by atoms with Gasteiger partial charge in [-0.15, -0.1) is 0 Å². The molecule has 2 amide bonds. The van der Waals surface area contributed by atoms with Crippen LogP contribution in [0, 0.1) is 5.92 Å². The SMILES string of the molecule is CC(C)(C)OC(=O)N1CCC(C)(c2ccc(NC(=O)C3CC3)nc2)CC1. The molecule has 6 heteroatoms. The van der Waals surface area contributed by atoms with E-state index >= 15 is 0 Å². The molecular formula is C20H29N3O3. The van der Waals surface area contributed by atoms with Gasteiger partial charge in [0.1, 0.15) is 11.4 Å². The number of hydrogen-bond donors (Lipinski definition) is 1. The summed E-state index contributed by atoms with van der Waals surface area (Å²) in [4.78, 5) is 30.2. The van der Waals surface area contributed by atoms with Crippen molar-refractivity contribution in [3.05, 3.63) is 23.9 Å². The van der Waals surface area contributed by atoms with Gasteiger partial charge in [-0.3, -0.25) is 4.79 Å². The van der Waals surface area contributed by atoms with E-state index in [0.717, 1.165) is 31.2 Å². The normalized spacial score (nSPS) is 19.8. The lowest BCUT2D eigenvalue weighted by atomic mass is 9.75. The van der Waals surface area contributed by atoms with Crippen LogP contribution in [-0.4, -0.2) is 40.6 Å². The van der Waals surface area contributed by atoms with Gasteiger partial charge in [0.15, 0.2) is 0 Å². The third kappa shape index (κ3) is 4.54. The van der Waals surface area contributed by atoms with E-state index < -0.39 is 5.60 Å². The molecule has 0 atom stereocenters. The molecule has 0 radical (unpaired) electrons. The van der Waals surface area contributed by atoms with Crippen LogP contribution in [0.15, 0.2) is 18.3 Å². The zero-order valence-electron chi connectivity index (χ0n) is 16.2. The van der Waals surface area contributed by atoms with E-state index in [4.69, 9.17) is 4.74 Å². The minimum absolute atomic E-state index is 0.0233. The van der Waals surface area contributed by atoms with E-state index in [0.29, 0.717) is 18.9 Å². The number of anilines is 1. The lowest BCUT2D eigenvalue weighted by molar-refractivity contribution is -0.117. The number of carbonyl (C=O) groups is 2. The molecule has 1 N–H and O–H groups in total. The molecule has 1 aromatic rings. The Labute approximate surface area is 155 Å². The van der Waals surface area contributed by atoms with Crippen LogP contribution in [-0.2, 0) is 14.9 Å². The van der Waals surface area contributed by atoms with Crippen LogP contribution in [0.5, 0.6) is 0 Å². The largest absolute Gasteiger partial charge is 0.444 e. The molecule has 3 rings (SSSR count). The molecule has 2 fully saturated rings. The van der Waals surface area contributed by atoms with E-state index in [1.807, 2.05) is 39.1 Å². The molecule has 1 saturated heterocycles. The molecule has 1 aliphatic carbocycles. The molecular weight excluding hydrogens is 330 g/mol. The number of piperidine rings is 1. The van der Waals surface area contributed by atoms with Crippen molar-refractivity contribution in [2.24, 2.45) is 5.92 Å². The third-order valence-electron chi connectivity index (χ3n) is 5.18. The van der Waals surface area contributed by atoms with Crippen LogP contribution in [0.3, 0.4) is 0 Å². The lowest BCUT2D eigenvalue weighted by Crippen LogP contribution is -2.45. The van der Waals surface area contributed by atoms with Crippen LogP contribution in [0.1, 0.15) is 58.9 Å². The van der Waals surface area contributed by atoms with Crippen LogP contribution >= 0.6 is 0 Å². The predicted octanol–water partition coefficient (Wildman–Crippen LogP) is 3.72. The van der Waals surface area contributed by atoms with Crippen molar-refractivity contribution in [3.8, 4) is 0 Å². The number of rotatable bonds is 3. The zero-order valence-corrected chi connectivity index (χ0v) is 16.2. The molecule has 0 unspecified atom stereocenters. The van der Waals surface area contributed by atoms with Gasteiger partial charge in [0.25, 0.3) is 0 Å². The summed E-state index contributed by atoms with van der Waals surface area (Å²) in [5.41, 5.74) is 0.651. The van der Waals surface area contributed by atoms with Crippen LogP contribution in [0.4, 0.5) is 10.6 Å². The van der Waals surface area contributed by atoms with E-state index in [-0.39, 0.29) is 23.3 Å². The second-order valence-corrected chi connectivity index (χ2v) is 8.72. The number of nitrogens with zero attached hydrogens (tertiary/aromatic N) is 2. The first-order chi connectivity index (χ1) is 12.2. The molecule has 0 aromatic carbocycles. The molecule has 0 spiro atoms. The highest BCUT2D eigenvalue weighted by Crippen LogP contribution is 2.35. The Morgan fingerprint density at radius 2 is 1.88 bits per heavy atom. The Hall–Kier alpha value is -2.11. The molecule has 2 aliphatic rings. The van der Waals surface area contributed by atoms with E-state index in [1.54, 1.807) is 4.90 Å². The van der Waals surface area contributed by atoms with Gasteiger partial charge in [-0.05, 0) is 63.5 Å². The highest BCUT2D eigenvalue weighted by atomic mass is 16.6. The second-order valence-electron chi connectivity index (χ2n) is 8.72. The third-order valence-corrected chi connectivity index (χ3v) is 5.18. The summed E-state index contributed by atoms with van der Waals surface area (Å²) >= 11 is 0. The average molecular weight is 359 g/mol. The van der Waals surface area contributed by atoms with Gasteiger partial charge >= 0.3 is 6.09 Å².